The minimum atomic E-state index is 0.562. The Labute approximate surface area is 114 Å². The lowest BCUT2D eigenvalue weighted by molar-refractivity contribution is 0.402. The van der Waals surface area contributed by atoms with E-state index in [0.717, 1.165) is 36.1 Å². The highest BCUT2D eigenvalue weighted by Crippen LogP contribution is 2.32. The van der Waals surface area contributed by atoms with Gasteiger partial charge in [0, 0.05) is 30.7 Å². The van der Waals surface area contributed by atoms with E-state index in [9.17, 15) is 0 Å². The van der Waals surface area contributed by atoms with Crippen molar-refractivity contribution in [3.05, 3.63) is 23.2 Å². The van der Waals surface area contributed by atoms with Crippen molar-refractivity contribution in [3.63, 3.8) is 0 Å². The van der Waals surface area contributed by atoms with Crippen molar-refractivity contribution in [1.29, 1.82) is 0 Å². The monoisotopic (exact) mass is 268 g/mol. The zero-order valence-corrected chi connectivity index (χ0v) is 11.8. The van der Waals surface area contributed by atoms with Crippen LogP contribution in [0.2, 0.25) is 5.02 Å². The van der Waals surface area contributed by atoms with E-state index in [1.54, 1.807) is 7.11 Å². The van der Waals surface area contributed by atoms with Crippen LogP contribution in [0.4, 0.5) is 5.69 Å². The molecule has 1 saturated heterocycles. The highest BCUT2D eigenvalue weighted by atomic mass is 35.5. The van der Waals surface area contributed by atoms with Gasteiger partial charge in [-0.1, -0.05) is 24.9 Å². The number of hydrogen-bond donors (Lipinski definition) is 1. The first-order valence-electron chi connectivity index (χ1n) is 6.56. The molecule has 3 nitrogen and oxygen atoms in total. The van der Waals surface area contributed by atoms with E-state index in [2.05, 4.69) is 17.1 Å². The number of halogens is 1. The van der Waals surface area contributed by atoms with Gasteiger partial charge in [0.15, 0.2) is 0 Å². The lowest BCUT2D eigenvalue weighted by atomic mass is 10.1. The predicted molar refractivity (Wildman–Crippen MR) is 76.9 cm³/mol. The lowest BCUT2D eigenvalue weighted by Crippen LogP contribution is -2.50. The van der Waals surface area contributed by atoms with E-state index in [0.29, 0.717) is 6.04 Å². The van der Waals surface area contributed by atoms with Crippen molar-refractivity contribution in [2.75, 3.05) is 31.6 Å². The van der Waals surface area contributed by atoms with E-state index in [1.807, 2.05) is 18.2 Å². The maximum absolute atomic E-state index is 6.09. The van der Waals surface area contributed by atoms with E-state index in [-0.39, 0.29) is 0 Å². The second kappa shape index (κ2) is 6.30. The summed E-state index contributed by atoms with van der Waals surface area (Å²) in [5, 5.41) is 4.32. The molecule has 1 aliphatic heterocycles. The van der Waals surface area contributed by atoms with Gasteiger partial charge >= 0.3 is 0 Å². The number of rotatable bonds is 4. The van der Waals surface area contributed by atoms with Crippen molar-refractivity contribution >= 4 is 17.3 Å². The van der Waals surface area contributed by atoms with Crippen LogP contribution >= 0.6 is 11.6 Å². The fourth-order valence-electron chi connectivity index (χ4n) is 2.50. The van der Waals surface area contributed by atoms with Gasteiger partial charge in [0.05, 0.1) is 12.8 Å². The van der Waals surface area contributed by atoms with Crippen LogP contribution in [0.25, 0.3) is 0 Å². The number of hydrogen-bond acceptors (Lipinski definition) is 3. The number of nitrogens with one attached hydrogen (secondary N) is 1. The van der Waals surface area contributed by atoms with Gasteiger partial charge in [0.1, 0.15) is 5.75 Å². The fraction of sp³-hybridized carbons (Fsp3) is 0.571. The third-order valence-corrected chi connectivity index (χ3v) is 3.61. The van der Waals surface area contributed by atoms with Gasteiger partial charge in [-0.2, -0.15) is 0 Å². The Bertz CT molecular complexity index is 395. The van der Waals surface area contributed by atoms with Crippen LogP contribution in [0.3, 0.4) is 0 Å². The quantitative estimate of drug-likeness (QED) is 0.909. The van der Waals surface area contributed by atoms with Crippen molar-refractivity contribution in [1.82, 2.24) is 5.32 Å². The summed E-state index contributed by atoms with van der Waals surface area (Å²) >= 11 is 6.09. The van der Waals surface area contributed by atoms with E-state index >= 15 is 0 Å². The molecule has 0 spiro atoms. The second-order valence-corrected chi connectivity index (χ2v) is 5.14. The topological polar surface area (TPSA) is 24.5 Å². The van der Waals surface area contributed by atoms with Crippen LogP contribution < -0.4 is 15.0 Å². The van der Waals surface area contributed by atoms with Gasteiger partial charge in [0.2, 0.25) is 0 Å². The molecular formula is C14H21ClN2O. The number of piperazine rings is 1. The van der Waals surface area contributed by atoms with Crippen LogP contribution in [0.15, 0.2) is 18.2 Å². The molecule has 1 fully saturated rings. The molecule has 1 heterocycles. The average molecular weight is 269 g/mol. The third kappa shape index (κ3) is 3.09. The molecule has 0 bridgehead atoms. The molecule has 4 heteroatoms. The summed E-state index contributed by atoms with van der Waals surface area (Å²) < 4.78 is 5.43. The van der Waals surface area contributed by atoms with Gasteiger partial charge in [0.25, 0.3) is 0 Å². The molecule has 1 aliphatic rings. The van der Waals surface area contributed by atoms with Crippen molar-refractivity contribution in [2.45, 2.75) is 25.8 Å². The minimum absolute atomic E-state index is 0.562. The second-order valence-electron chi connectivity index (χ2n) is 4.70. The Morgan fingerprint density at radius 1 is 1.50 bits per heavy atom. The molecule has 1 aromatic rings. The van der Waals surface area contributed by atoms with Gasteiger partial charge in [-0.3, -0.25) is 0 Å². The molecule has 1 aromatic carbocycles. The first-order valence-corrected chi connectivity index (χ1v) is 6.94. The molecule has 18 heavy (non-hydrogen) atoms. The number of benzene rings is 1. The zero-order chi connectivity index (χ0) is 13.0. The Hall–Kier alpha value is -0.930. The minimum Gasteiger partial charge on any atom is -0.495 e. The maximum Gasteiger partial charge on any atom is 0.142 e. The molecule has 0 aliphatic carbocycles. The zero-order valence-electron chi connectivity index (χ0n) is 11.1. The van der Waals surface area contributed by atoms with Gasteiger partial charge in [-0.25, -0.2) is 0 Å². The molecule has 1 atom stereocenters. The Morgan fingerprint density at radius 3 is 3.06 bits per heavy atom. The van der Waals surface area contributed by atoms with E-state index in [1.165, 1.54) is 12.8 Å². The molecular weight excluding hydrogens is 248 g/mol. The number of ether oxygens (including phenoxy) is 1. The van der Waals surface area contributed by atoms with Gasteiger partial charge < -0.3 is 15.0 Å². The number of methoxy groups -OCH3 is 1. The molecule has 1 N–H and O–H groups in total. The van der Waals surface area contributed by atoms with Gasteiger partial charge in [-0.05, 0) is 24.6 Å². The Morgan fingerprint density at radius 2 is 2.33 bits per heavy atom. The van der Waals surface area contributed by atoms with Crippen LogP contribution in [-0.4, -0.2) is 32.8 Å². The third-order valence-electron chi connectivity index (χ3n) is 3.37. The molecule has 2 rings (SSSR count). The fourth-order valence-corrected chi connectivity index (χ4v) is 2.66. The Balaban J connectivity index is 2.17. The molecule has 0 aromatic heterocycles. The van der Waals surface area contributed by atoms with Crippen LogP contribution in [-0.2, 0) is 0 Å². The molecule has 1 unspecified atom stereocenters. The lowest BCUT2D eigenvalue weighted by Gasteiger charge is -2.36. The average Bonchev–Trinajstić information content (AvgIpc) is 2.39. The molecule has 0 radical (unpaired) electrons. The summed E-state index contributed by atoms with van der Waals surface area (Å²) in [6.07, 6.45) is 2.41. The predicted octanol–water partition coefficient (Wildman–Crippen LogP) is 2.93. The standard InChI is InChI=1S/C14H21ClN2O/c1-3-4-12-10-17(8-7-16-12)13-9-11(15)5-6-14(13)18-2/h5-6,9,12,16H,3-4,7-8,10H2,1-2H3. The highest BCUT2D eigenvalue weighted by molar-refractivity contribution is 6.30. The largest absolute Gasteiger partial charge is 0.495 e. The number of anilines is 1. The van der Waals surface area contributed by atoms with Gasteiger partial charge in [-0.15, -0.1) is 0 Å². The van der Waals surface area contributed by atoms with Crippen molar-refractivity contribution in [3.8, 4) is 5.75 Å². The van der Waals surface area contributed by atoms with Crippen molar-refractivity contribution in [2.24, 2.45) is 0 Å². The van der Waals surface area contributed by atoms with Crippen molar-refractivity contribution < 1.29 is 4.74 Å². The maximum atomic E-state index is 6.09. The smallest absolute Gasteiger partial charge is 0.142 e. The first kappa shape index (κ1) is 13.5. The molecule has 100 valence electrons. The van der Waals surface area contributed by atoms with Crippen LogP contribution in [0, 0.1) is 0 Å². The summed E-state index contributed by atoms with van der Waals surface area (Å²) in [4.78, 5) is 2.36. The van der Waals surface area contributed by atoms with Crippen LogP contribution in [0.1, 0.15) is 19.8 Å². The normalized spacial score (nSPS) is 19.9. The number of nitrogens with zero attached hydrogens (tertiary/aromatic N) is 1. The summed E-state index contributed by atoms with van der Waals surface area (Å²) in [6, 6.07) is 6.37. The highest BCUT2D eigenvalue weighted by Gasteiger charge is 2.21. The SMILES string of the molecule is CCCC1CN(c2cc(Cl)ccc2OC)CCN1. The molecule has 0 saturated carbocycles. The summed E-state index contributed by atoms with van der Waals surface area (Å²) in [5.74, 6) is 0.900. The van der Waals surface area contributed by atoms with E-state index < -0.39 is 0 Å². The first-order chi connectivity index (χ1) is 8.74. The summed E-state index contributed by atoms with van der Waals surface area (Å²) in [6.45, 7) is 5.25. The van der Waals surface area contributed by atoms with E-state index in [4.69, 9.17) is 16.3 Å². The Kier molecular flexibility index (Phi) is 4.72. The summed E-state index contributed by atoms with van der Waals surface area (Å²) in [5.41, 5.74) is 1.10. The van der Waals surface area contributed by atoms with Crippen LogP contribution in [0.5, 0.6) is 5.75 Å². The summed E-state index contributed by atoms with van der Waals surface area (Å²) in [7, 11) is 1.71. The molecule has 0 amide bonds.